The SMILES string of the molecule is O=C(C=Cc1cccc(Br)c1)N1CCC[C@H]1CN1CCCC1. The van der Waals surface area contributed by atoms with Gasteiger partial charge < -0.3 is 9.80 Å². The van der Waals surface area contributed by atoms with E-state index in [2.05, 4.69) is 25.7 Å². The summed E-state index contributed by atoms with van der Waals surface area (Å²) in [6.07, 6.45) is 8.54. The molecule has 22 heavy (non-hydrogen) atoms. The highest BCUT2D eigenvalue weighted by Gasteiger charge is 2.29. The molecular weight excluding hydrogens is 340 g/mol. The molecule has 0 N–H and O–H groups in total. The minimum atomic E-state index is 0.154. The van der Waals surface area contributed by atoms with Crippen LogP contribution < -0.4 is 0 Å². The summed E-state index contributed by atoms with van der Waals surface area (Å²) in [6, 6.07) is 8.42. The minimum Gasteiger partial charge on any atom is -0.335 e. The summed E-state index contributed by atoms with van der Waals surface area (Å²) in [6.45, 7) is 4.36. The Morgan fingerprint density at radius 1 is 1.23 bits per heavy atom. The Hall–Kier alpha value is -1.13. The highest BCUT2D eigenvalue weighted by atomic mass is 79.9. The van der Waals surface area contributed by atoms with Crippen molar-refractivity contribution >= 4 is 27.9 Å². The van der Waals surface area contributed by atoms with Crippen molar-refractivity contribution < 1.29 is 4.79 Å². The van der Waals surface area contributed by atoms with Crippen molar-refractivity contribution in [3.05, 3.63) is 40.4 Å². The van der Waals surface area contributed by atoms with Crippen molar-refractivity contribution in [1.82, 2.24) is 9.80 Å². The summed E-state index contributed by atoms with van der Waals surface area (Å²) in [5.41, 5.74) is 1.05. The second-order valence-electron chi connectivity index (χ2n) is 6.22. The molecule has 0 radical (unpaired) electrons. The number of carbonyl (C=O) groups excluding carboxylic acids is 1. The van der Waals surface area contributed by atoms with E-state index < -0.39 is 0 Å². The van der Waals surface area contributed by atoms with Gasteiger partial charge >= 0.3 is 0 Å². The number of carbonyl (C=O) groups is 1. The molecule has 2 aliphatic heterocycles. The van der Waals surface area contributed by atoms with E-state index in [1.165, 1.54) is 25.9 Å². The maximum atomic E-state index is 12.5. The Labute approximate surface area is 141 Å². The quantitative estimate of drug-likeness (QED) is 0.764. The van der Waals surface area contributed by atoms with Gasteiger partial charge in [0.2, 0.25) is 5.91 Å². The molecule has 0 spiro atoms. The molecule has 2 heterocycles. The third-order valence-corrected chi connectivity index (χ3v) is 5.09. The summed E-state index contributed by atoms with van der Waals surface area (Å²) in [4.78, 5) is 17.1. The number of halogens is 1. The molecule has 2 aliphatic rings. The lowest BCUT2D eigenvalue weighted by Gasteiger charge is -2.27. The fraction of sp³-hybridized carbons (Fsp3) is 0.500. The van der Waals surface area contributed by atoms with Gasteiger partial charge in [0.25, 0.3) is 0 Å². The van der Waals surface area contributed by atoms with E-state index in [0.29, 0.717) is 6.04 Å². The van der Waals surface area contributed by atoms with E-state index >= 15 is 0 Å². The topological polar surface area (TPSA) is 23.6 Å². The van der Waals surface area contributed by atoms with Gasteiger partial charge in [0.15, 0.2) is 0 Å². The second-order valence-corrected chi connectivity index (χ2v) is 7.14. The van der Waals surface area contributed by atoms with Crippen LogP contribution in [0.5, 0.6) is 0 Å². The van der Waals surface area contributed by atoms with Gasteiger partial charge in [-0.1, -0.05) is 28.1 Å². The molecule has 1 atom stereocenters. The molecule has 1 amide bonds. The van der Waals surface area contributed by atoms with E-state index in [1.807, 2.05) is 30.3 Å². The summed E-state index contributed by atoms with van der Waals surface area (Å²) in [5, 5.41) is 0. The molecule has 0 unspecified atom stereocenters. The largest absolute Gasteiger partial charge is 0.335 e. The number of rotatable bonds is 4. The molecule has 3 nitrogen and oxygen atoms in total. The monoisotopic (exact) mass is 362 g/mol. The van der Waals surface area contributed by atoms with Crippen molar-refractivity contribution in [3.8, 4) is 0 Å². The third-order valence-electron chi connectivity index (χ3n) is 4.59. The van der Waals surface area contributed by atoms with Crippen molar-refractivity contribution in [2.45, 2.75) is 31.7 Å². The molecular formula is C18H23BrN2O. The summed E-state index contributed by atoms with van der Waals surface area (Å²) >= 11 is 3.46. The first-order chi connectivity index (χ1) is 10.7. The van der Waals surface area contributed by atoms with E-state index in [-0.39, 0.29) is 5.91 Å². The molecule has 1 aromatic rings. The van der Waals surface area contributed by atoms with Gasteiger partial charge in [-0.2, -0.15) is 0 Å². The Balaban J connectivity index is 1.60. The maximum absolute atomic E-state index is 12.5. The molecule has 2 saturated heterocycles. The zero-order chi connectivity index (χ0) is 15.4. The highest BCUT2D eigenvalue weighted by molar-refractivity contribution is 9.10. The zero-order valence-corrected chi connectivity index (χ0v) is 14.5. The first kappa shape index (κ1) is 15.8. The Bertz CT molecular complexity index is 552. The Morgan fingerprint density at radius 2 is 2.05 bits per heavy atom. The lowest BCUT2D eigenvalue weighted by molar-refractivity contribution is -0.127. The molecule has 2 fully saturated rings. The zero-order valence-electron chi connectivity index (χ0n) is 12.9. The molecule has 0 bridgehead atoms. The van der Waals surface area contributed by atoms with Gasteiger partial charge in [-0.25, -0.2) is 0 Å². The van der Waals surface area contributed by atoms with Gasteiger partial charge in [0.05, 0.1) is 0 Å². The fourth-order valence-corrected chi connectivity index (χ4v) is 3.87. The van der Waals surface area contributed by atoms with Crippen LogP contribution in [-0.2, 0) is 4.79 Å². The van der Waals surface area contributed by atoms with Crippen LogP contribution in [0.2, 0.25) is 0 Å². The predicted molar refractivity (Wildman–Crippen MR) is 93.6 cm³/mol. The predicted octanol–water partition coefficient (Wildman–Crippen LogP) is 3.55. The van der Waals surface area contributed by atoms with Crippen LogP contribution in [0.25, 0.3) is 6.08 Å². The standard InChI is InChI=1S/C18H23BrN2O/c19-16-6-3-5-15(13-16)8-9-18(22)21-12-4-7-17(21)14-20-10-1-2-11-20/h3,5-6,8-9,13,17H,1-2,4,7,10-12,14H2/t17-/m0/s1. The van der Waals surface area contributed by atoms with Crippen LogP contribution in [0.3, 0.4) is 0 Å². The van der Waals surface area contributed by atoms with Crippen LogP contribution in [0.15, 0.2) is 34.8 Å². The first-order valence-corrected chi connectivity index (χ1v) is 8.98. The highest BCUT2D eigenvalue weighted by Crippen LogP contribution is 2.21. The van der Waals surface area contributed by atoms with Crippen LogP contribution >= 0.6 is 15.9 Å². The summed E-state index contributed by atoms with van der Waals surface area (Å²) in [7, 11) is 0. The lowest BCUT2D eigenvalue weighted by atomic mass is 10.2. The number of likely N-dealkylation sites (tertiary alicyclic amines) is 2. The molecule has 1 aromatic carbocycles. The van der Waals surface area contributed by atoms with Crippen LogP contribution in [-0.4, -0.2) is 47.9 Å². The van der Waals surface area contributed by atoms with E-state index in [0.717, 1.165) is 36.0 Å². The van der Waals surface area contributed by atoms with Gasteiger partial charge in [0.1, 0.15) is 0 Å². The first-order valence-electron chi connectivity index (χ1n) is 8.19. The third kappa shape index (κ3) is 3.99. The number of hydrogen-bond donors (Lipinski definition) is 0. The Morgan fingerprint density at radius 3 is 2.82 bits per heavy atom. The smallest absolute Gasteiger partial charge is 0.246 e. The average molecular weight is 363 g/mol. The van der Waals surface area contributed by atoms with E-state index in [1.54, 1.807) is 6.08 Å². The average Bonchev–Trinajstić information content (AvgIpc) is 3.17. The van der Waals surface area contributed by atoms with Crippen molar-refractivity contribution in [3.63, 3.8) is 0 Å². The second kappa shape index (κ2) is 7.42. The van der Waals surface area contributed by atoms with Crippen LogP contribution in [0.1, 0.15) is 31.2 Å². The van der Waals surface area contributed by atoms with Crippen molar-refractivity contribution in [1.29, 1.82) is 0 Å². The van der Waals surface area contributed by atoms with Gasteiger partial charge in [-0.05, 0) is 62.5 Å². The maximum Gasteiger partial charge on any atom is 0.246 e. The van der Waals surface area contributed by atoms with Crippen LogP contribution in [0, 0.1) is 0 Å². The number of hydrogen-bond acceptors (Lipinski definition) is 2. The lowest BCUT2D eigenvalue weighted by Crippen LogP contribution is -2.41. The normalized spacial score (nSPS) is 22.8. The Kier molecular flexibility index (Phi) is 5.32. The number of amides is 1. The van der Waals surface area contributed by atoms with Crippen molar-refractivity contribution in [2.24, 2.45) is 0 Å². The number of nitrogens with zero attached hydrogens (tertiary/aromatic N) is 2. The molecule has 3 rings (SSSR count). The molecule has 4 heteroatoms. The van der Waals surface area contributed by atoms with E-state index in [4.69, 9.17) is 0 Å². The molecule has 0 aliphatic carbocycles. The fourth-order valence-electron chi connectivity index (χ4n) is 3.45. The molecule has 118 valence electrons. The van der Waals surface area contributed by atoms with Gasteiger partial charge in [-0.15, -0.1) is 0 Å². The number of benzene rings is 1. The van der Waals surface area contributed by atoms with Gasteiger partial charge in [0, 0.05) is 29.7 Å². The summed E-state index contributed by atoms with van der Waals surface area (Å²) < 4.78 is 1.04. The van der Waals surface area contributed by atoms with Crippen LogP contribution in [0.4, 0.5) is 0 Å². The van der Waals surface area contributed by atoms with Gasteiger partial charge in [-0.3, -0.25) is 4.79 Å². The minimum absolute atomic E-state index is 0.154. The summed E-state index contributed by atoms with van der Waals surface area (Å²) in [5.74, 6) is 0.154. The molecule has 0 saturated carbocycles. The van der Waals surface area contributed by atoms with Crippen molar-refractivity contribution in [2.75, 3.05) is 26.2 Å². The van der Waals surface area contributed by atoms with E-state index in [9.17, 15) is 4.79 Å². The molecule has 0 aromatic heterocycles.